The van der Waals surface area contributed by atoms with Crippen LogP contribution in [0.2, 0.25) is 0 Å². The molecule has 0 spiro atoms. The Morgan fingerprint density at radius 3 is 2.69 bits per heavy atom. The van der Waals surface area contributed by atoms with Crippen LogP contribution >= 0.6 is 11.3 Å². The Morgan fingerprint density at radius 1 is 1.19 bits per heavy atom. The normalized spacial score (nSPS) is 10.8. The summed E-state index contributed by atoms with van der Waals surface area (Å²) < 4.78 is 11.4. The third-order valence-corrected chi connectivity index (χ3v) is 4.73. The van der Waals surface area contributed by atoms with Crippen molar-refractivity contribution in [2.75, 3.05) is 12.4 Å². The van der Waals surface area contributed by atoms with E-state index in [-0.39, 0.29) is 5.76 Å². The van der Waals surface area contributed by atoms with Gasteiger partial charge in [-0.25, -0.2) is 15.0 Å². The number of hydrogen-bond acceptors (Lipinski definition) is 7. The first kappa shape index (κ1) is 16.2. The largest absolute Gasteiger partial charge is 0.479 e. The van der Waals surface area contributed by atoms with Crippen LogP contribution in [0.5, 0.6) is 5.88 Å². The Hall–Kier alpha value is -3.26. The van der Waals surface area contributed by atoms with Gasteiger partial charge in [-0.15, -0.1) is 0 Å². The van der Waals surface area contributed by atoms with Crippen LogP contribution in [0, 0.1) is 6.92 Å². The molecule has 0 radical (unpaired) electrons. The van der Waals surface area contributed by atoms with E-state index in [0.29, 0.717) is 22.4 Å². The summed E-state index contributed by atoms with van der Waals surface area (Å²) in [5.74, 6) is 0.566. The lowest BCUT2D eigenvalue weighted by atomic mass is 10.1. The van der Waals surface area contributed by atoms with Crippen LogP contribution in [-0.2, 0) is 0 Å². The zero-order chi connectivity index (χ0) is 18.1. The lowest BCUT2D eigenvalue weighted by molar-refractivity contribution is 0.0995. The van der Waals surface area contributed by atoms with E-state index in [4.69, 9.17) is 9.15 Å². The van der Waals surface area contributed by atoms with E-state index in [1.54, 1.807) is 20.2 Å². The lowest BCUT2D eigenvalue weighted by Crippen LogP contribution is -2.10. The number of aromatic nitrogens is 3. The zero-order valence-electron chi connectivity index (χ0n) is 14.0. The highest BCUT2D eigenvalue weighted by Gasteiger charge is 2.18. The van der Waals surface area contributed by atoms with Gasteiger partial charge in [-0.2, -0.15) is 0 Å². The molecule has 0 atom stereocenters. The smallest absolute Gasteiger partial charge is 0.294 e. The van der Waals surface area contributed by atoms with Crippen molar-refractivity contribution in [2.24, 2.45) is 0 Å². The second kappa shape index (κ2) is 6.57. The molecular formula is C18H14N4O3S. The van der Waals surface area contributed by atoms with Crippen molar-refractivity contribution in [3.63, 3.8) is 0 Å². The van der Waals surface area contributed by atoms with Crippen LogP contribution in [0.1, 0.15) is 16.4 Å². The molecule has 7 nitrogen and oxygen atoms in total. The fraction of sp³-hybridized carbons (Fsp3) is 0.111. The number of carbonyl (C=O) groups excluding carboxylic acids is 1. The van der Waals surface area contributed by atoms with E-state index in [2.05, 4.69) is 20.3 Å². The number of carbonyl (C=O) groups is 1. The van der Waals surface area contributed by atoms with Crippen molar-refractivity contribution < 1.29 is 13.9 Å². The van der Waals surface area contributed by atoms with E-state index < -0.39 is 5.91 Å². The number of ether oxygens (including phenoxy) is 1. The van der Waals surface area contributed by atoms with Crippen LogP contribution < -0.4 is 10.1 Å². The van der Waals surface area contributed by atoms with E-state index in [1.165, 1.54) is 17.5 Å². The number of aryl methyl sites for hydroxylation is 1. The molecule has 0 aliphatic heterocycles. The number of pyridine rings is 1. The molecule has 1 N–H and O–H groups in total. The molecule has 0 unspecified atom stereocenters. The van der Waals surface area contributed by atoms with Gasteiger partial charge in [0.1, 0.15) is 5.52 Å². The third kappa shape index (κ3) is 2.91. The van der Waals surface area contributed by atoms with Gasteiger partial charge in [-0.1, -0.05) is 41.7 Å². The molecule has 4 aromatic rings. The number of oxazole rings is 1. The van der Waals surface area contributed by atoms with Gasteiger partial charge in [-0.05, 0) is 5.56 Å². The summed E-state index contributed by atoms with van der Waals surface area (Å²) >= 11 is 1.35. The number of nitrogens with one attached hydrogen (secondary N) is 1. The molecule has 1 amide bonds. The van der Waals surface area contributed by atoms with E-state index in [0.717, 1.165) is 15.8 Å². The number of fused-ring (bicyclic) bond motifs is 1. The molecule has 0 aliphatic rings. The monoisotopic (exact) mass is 366 g/mol. The topological polar surface area (TPSA) is 90.1 Å². The van der Waals surface area contributed by atoms with Gasteiger partial charge in [0.15, 0.2) is 11.0 Å². The predicted molar refractivity (Wildman–Crippen MR) is 98.6 cm³/mol. The number of amides is 1. The molecule has 0 saturated carbocycles. The number of rotatable bonds is 4. The Bertz CT molecular complexity index is 1090. The van der Waals surface area contributed by atoms with Crippen molar-refractivity contribution in [3.05, 3.63) is 54.4 Å². The van der Waals surface area contributed by atoms with Gasteiger partial charge < -0.3 is 9.15 Å². The van der Waals surface area contributed by atoms with Crippen LogP contribution in [0.4, 0.5) is 5.13 Å². The molecule has 3 heterocycles. The molecule has 26 heavy (non-hydrogen) atoms. The summed E-state index contributed by atoms with van der Waals surface area (Å²) in [5, 5.41) is 3.18. The number of anilines is 1. The first-order valence-electron chi connectivity index (χ1n) is 7.78. The average molecular weight is 366 g/mol. The minimum Gasteiger partial charge on any atom is -0.479 e. The number of methoxy groups -OCH3 is 1. The fourth-order valence-corrected chi connectivity index (χ4v) is 3.53. The van der Waals surface area contributed by atoms with Crippen molar-refractivity contribution in [1.82, 2.24) is 15.0 Å². The SMILES string of the molecule is COc1ncc(-c2ccccc2)c2sc(NC(=O)c3cnc(C)o3)nc12. The van der Waals surface area contributed by atoms with Crippen molar-refractivity contribution in [2.45, 2.75) is 6.92 Å². The Kier molecular flexibility index (Phi) is 4.10. The quantitative estimate of drug-likeness (QED) is 0.589. The van der Waals surface area contributed by atoms with Gasteiger partial charge >= 0.3 is 0 Å². The van der Waals surface area contributed by atoms with Gasteiger partial charge in [0.2, 0.25) is 11.6 Å². The number of benzene rings is 1. The maximum absolute atomic E-state index is 12.3. The Balaban J connectivity index is 1.76. The molecule has 130 valence electrons. The van der Waals surface area contributed by atoms with Crippen molar-refractivity contribution in [3.8, 4) is 17.0 Å². The summed E-state index contributed by atoms with van der Waals surface area (Å²) in [4.78, 5) is 25.0. The van der Waals surface area contributed by atoms with Gasteiger partial charge in [0.25, 0.3) is 5.91 Å². The van der Waals surface area contributed by atoms with E-state index >= 15 is 0 Å². The molecule has 3 aromatic heterocycles. The zero-order valence-corrected chi connectivity index (χ0v) is 14.8. The molecule has 8 heteroatoms. The summed E-state index contributed by atoms with van der Waals surface area (Å²) in [6.45, 7) is 1.68. The van der Waals surface area contributed by atoms with Gasteiger partial charge in [0, 0.05) is 18.7 Å². The molecule has 4 rings (SSSR count). The number of nitrogens with zero attached hydrogens (tertiary/aromatic N) is 3. The first-order chi connectivity index (χ1) is 12.7. The molecular weight excluding hydrogens is 352 g/mol. The van der Waals surface area contributed by atoms with Gasteiger partial charge in [0.05, 0.1) is 18.0 Å². The van der Waals surface area contributed by atoms with Crippen LogP contribution in [0.25, 0.3) is 21.3 Å². The van der Waals surface area contributed by atoms with E-state index in [1.807, 2.05) is 30.3 Å². The summed E-state index contributed by atoms with van der Waals surface area (Å²) in [5.41, 5.74) is 2.54. The highest BCUT2D eigenvalue weighted by Crippen LogP contribution is 2.38. The van der Waals surface area contributed by atoms with Crippen LogP contribution in [0.3, 0.4) is 0 Å². The Morgan fingerprint density at radius 2 is 2.00 bits per heavy atom. The minimum absolute atomic E-state index is 0.134. The highest BCUT2D eigenvalue weighted by molar-refractivity contribution is 7.23. The maximum Gasteiger partial charge on any atom is 0.294 e. The fourth-order valence-electron chi connectivity index (χ4n) is 2.54. The molecule has 0 fully saturated rings. The average Bonchev–Trinajstić information content (AvgIpc) is 3.27. The van der Waals surface area contributed by atoms with Crippen LogP contribution in [-0.4, -0.2) is 28.0 Å². The molecule has 1 aromatic carbocycles. The second-order valence-corrected chi connectivity index (χ2v) is 6.44. The second-order valence-electron chi connectivity index (χ2n) is 5.44. The van der Waals surface area contributed by atoms with E-state index in [9.17, 15) is 4.79 Å². The highest BCUT2D eigenvalue weighted by atomic mass is 32.1. The van der Waals surface area contributed by atoms with Crippen molar-refractivity contribution in [1.29, 1.82) is 0 Å². The summed E-state index contributed by atoms with van der Waals surface area (Å²) in [6, 6.07) is 9.87. The maximum atomic E-state index is 12.3. The summed E-state index contributed by atoms with van der Waals surface area (Å²) in [6.07, 6.45) is 3.13. The third-order valence-electron chi connectivity index (χ3n) is 3.73. The standard InChI is InChI=1S/C18H14N4O3S/c1-10-19-9-13(25-10)16(23)22-18-21-14-15(26-18)12(8-20-17(14)24-2)11-6-4-3-5-7-11/h3-9H,1-2H3,(H,21,22,23). The Labute approximate surface area is 152 Å². The van der Waals surface area contributed by atoms with Crippen molar-refractivity contribution >= 4 is 32.6 Å². The van der Waals surface area contributed by atoms with Gasteiger partial charge in [-0.3, -0.25) is 10.1 Å². The molecule has 0 saturated heterocycles. The predicted octanol–water partition coefficient (Wildman–Crippen LogP) is 3.92. The number of thiazole rings is 1. The molecule has 0 bridgehead atoms. The van der Waals surface area contributed by atoms with Crippen LogP contribution in [0.15, 0.2) is 47.1 Å². The number of hydrogen-bond donors (Lipinski definition) is 1. The minimum atomic E-state index is -0.405. The summed E-state index contributed by atoms with van der Waals surface area (Å²) in [7, 11) is 1.54. The molecule has 0 aliphatic carbocycles. The first-order valence-corrected chi connectivity index (χ1v) is 8.60. The lowest BCUT2D eigenvalue weighted by Gasteiger charge is -2.04.